The second-order valence-electron chi connectivity index (χ2n) is 7.44. The Balaban J connectivity index is 1.65. The maximum Gasteiger partial charge on any atom is 0.0705 e. The molecule has 0 aliphatic rings. The van der Waals surface area contributed by atoms with E-state index in [-0.39, 0.29) is 0 Å². The summed E-state index contributed by atoms with van der Waals surface area (Å²) in [6.45, 7) is 3.76. The molecule has 0 saturated heterocycles. The van der Waals surface area contributed by atoms with Crippen LogP contribution in [0.5, 0.6) is 0 Å². The van der Waals surface area contributed by atoms with E-state index in [9.17, 15) is 0 Å². The lowest BCUT2D eigenvalue weighted by Crippen LogP contribution is -1.90. The van der Waals surface area contributed by atoms with Crippen molar-refractivity contribution in [2.75, 3.05) is 0 Å². The summed E-state index contributed by atoms with van der Waals surface area (Å²) in [4.78, 5) is 4.55. The van der Waals surface area contributed by atoms with Crippen LogP contribution in [0, 0.1) is 0 Å². The quantitative estimate of drug-likeness (QED) is 0.301. The summed E-state index contributed by atoms with van der Waals surface area (Å²) >= 11 is 1.72. The summed E-state index contributed by atoms with van der Waals surface area (Å²) < 4.78 is 28.1. The average molecular weight is 397 g/mol. The summed E-state index contributed by atoms with van der Waals surface area (Å²) in [5, 5.41) is 2.16. The molecule has 5 rings (SSSR count). The molecule has 0 atom stereocenters. The molecule has 1 nitrogen and oxygen atoms in total. The monoisotopic (exact) mass is 396 g/mol. The van der Waals surface area contributed by atoms with E-state index in [1.165, 1.54) is 0 Å². The number of pyridine rings is 1. The number of fused-ring (bicyclic) bond motifs is 3. The third-order valence-corrected chi connectivity index (χ3v) is 6.32. The van der Waals surface area contributed by atoms with E-state index in [1.54, 1.807) is 17.5 Å². The minimum atomic E-state index is -1.57. The standard InChI is InChI=1S/C27H23NS/c1-18(2)21-12-13-28-25(17-21)22-9-11-27-24(16-22)23-15-20(8-10-26(23)29-27)14-19-6-4-3-5-7-19/h3-13,15-18H,14H2,1-2H3/i14D2,18D. The first kappa shape index (κ1) is 14.9. The number of nitrogens with zero attached hydrogens (tertiary/aromatic N) is 1. The van der Waals surface area contributed by atoms with E-state index >= 15 is 0 Å². The number of thiophene rings is 1. The van der Waals surface area contributed by atoms with E-state index in [0.717, 1.165) is 37.0 Å². The van der Waals surface area contributed by atoms with Crippen molar-refractivity contribution in [3.8, 4) is 11.3 Å². The molecule has 2 heterocycles. The molecule has 0 aliphatic heterocycles. The van der Waals surface area contributed by atoms with Crippen LogP contribution < -0.4 is 0 Å². The van der Waals surface area contributed by atoms with E-state index < -0.39 is 12.3 Å². The van der Waals surface area contributed by atoms with E-state index in [2.05, 4.69) is 23.2 Å². The molecular weight excluding hydrogens is 370 g/mol. The van der Waals surface area contributed by atoms with Crippen molar-refractivity contribution in [2.24, 2.45) is 0 Å². The maximum atomic E-state index is 8.75. The van der Waals surface area contributed by atoms with Crippen molar-refractivity contribution >= 4 is 31.5 Å². The number of hydrogen-bond donors (Lipinski definition) is 0. The van der Waals surface area contributed by atoms with Crippen LogP contribution >= 0.6 is 11.3 Å². The van der Waals surface area contributed by atoms with Crippen LogP contribution in [-0.4, -0.2) is 4.98 Å². The van der Waals surface area contributed by atoms with Gasteiger partial charge in [0, 0.05) is 36.0 Å². The van der Waals surface area contributed by atoms with Crippen LogP contribution in [0.1, 0.15) is 40.5 Å². The summed E-state index contributed by atoms with van der Waals surface area (Å²) in [6.07, 6.45) is 0.195. The smallest absolute Gasteiger partial charge is 0.0705 e. The van der Waals surface area contributed by atoms with Crippen LogP contribution in [0.4, 0.5) is 0 Å². The largest absolute Gasteiger partial charge is 0.256 e. The van der Waals surface area contributed by atoms with Crippen molar-refractivity contribution in [2.45, 2.75) is 26.1 Å². The maximum absolute atomic E-state index is 8.75. The fourth-order valence-electron chi connectivity index (χ4n) is 3.60. The Labute approximate surface area is 179 Å². The van der Waals surface area contributed by atoms with Crippen LogP contribution in [0.25, 0.3) is 31.4 Å². The van der Waals surface area contributed by atoms with Crippen molar-refractivity contribution < 1.29 is 4.11 Å². The first-order chi connectivity index (χ1) is 15.2. The lowest BCUT2D eigenvalue weighted by molar-refractivity contribution is 0.864. The zero-order chi connectivity index (χ0) is 22.5. The van der Waals surface area contributed by atoms with Gasteiger partial charge in [0.25, 0.3) is 0 Å². The highest BCUT2D eigenvalue weighted by Gasteiger charge is 2.10. The van der Waals surface area contributed by atoms with Gasteiger partial charge in [-0.3, -0.25) is 4.98 Å². The third-order valence-electron chi connectivity index (χ3n) is 5.16. The van der Waals surface area contributed by atoms with Gasteiger partial charge in [-0.1, -0.05) is 56.3 Å². The summed E-state index contributed by atoms with van der Waals surface area (Å²) in [6, 6.07) is 25.4. The Hall–Kier alpha value is -2.97. The minimum Gasteiger partial charge on any atom is -0.256 e. The highest BCUT2D eigenvalue weighted by molar-refractivity contribution is 7.25. The van der Waals surface area contributed by atoms with Gasteiger partial charge in [0.15, 0.2) is 0 Å². The normalized spacial score (nSPS) is 13.9. The van der Waals surface area contributed by atoms with E-state index in [4.69, 9.17) is 4.11 Å². The molecule has 0 amide bonds. The Morgan fingerprint density at radius 2 is 1.62 bits per heavy atom. The van der Waals surface area contributed by atoms with Gasteiger partial charge in [-0.15, -0.1) is 11.3 Å². The number of hydrogen-bond acceptors (Lipinski definition) is 2. The van der Waals surface area contributed by atoms with Gasteiger partial charge < -0.3 is 0 Å². The Morgan fingerprint density at radius 1 is 0.862 bits per heavy atom. The fraction of sp³-hybridized carbons (Fsp3) is 0.148. The lowest BCUT2D eigenvalue weighted by Gasteiger charge is -2.08. The van der Waals surface area contributed by atoms with Gasteiger partial charge in [0.1, 0.15) is 0 Å². The zero-order valence-electron chi connectivity index (χ0n) is 19.4. The van der Waals surface area contributed by atoms with Gasteiger partial charge in [0.05, 0.1) is 5.69 Å². The average Bonchev–Trinajstić information content (AvgIpc) is 3.16. The Morgan fingerprint density at radius 3 is 2.41 bits per heavy atom. The molecule has 2 heteroatoms. The number of benzene rings is 3. The van der Waals surface area contributed by atoms with Crippen LogP contribution in [0.2, 0.25) is 0 Å². The van der Waals surface area contributed by atoms with E-state index in [1.807, 2.05) is 74.5 Å². The molecule has 29 heavy (non-hydrogen) atoms. The molecule has 2 aromatic heterocycles. The van der Waals surface area contributed by atoms with Crippen molar-refractivity contribution in [1.82, 2.24) is 4.98 Å². The van der Waals surface area contributed by atoms with Crippen LogP contribution in [0.15, 0.2) is 85.1 Å². The van der Waals surface area contributed by atoms with E-state index in [0.29, 0.717) is 11.1 Å². The molecule has 0 unspecified atom stereocenters. The molecule has 0 saturated carbocycles. The van der Waals surface area contributed by atoms with Crippen molar-refractivity contribution in [1.29, 1.82) is 0 Å². The molecular formula is C27H23NS. The summed E-state index contributed by atoms with van der Waals surface area (Å²) in [5.41, 5.74) is 4.08. The number of rotatable bonds is 4. The first-order valence-electron chi connectivity index (χ1n) is 11.2. The molecule has 5 aromatic rings. The minimum absolute atomic E-state index is 0.650. The molecule has 0 aliphatic carbocycles. The topological polar surface area (TPSA) is 12.9 Å². The molecule has 0 spiro atoms. The summed E-state index contributed by atoms with van der Waals surface area (Å²) in [5.74, 6) is -0.686. The predicted molar refractivity (Wildman–Crippen MR) is 126 cm³/mol. The summed E-state index contributed by atoms with van der Waals surface area (Å²) in [7, 11) is 0. The van der Waals surface area contributed by atoms with Crippen LogP contribution in [0.3, 0.4) is 0 Å². The molecule has 0 N–H and O–H groups in total. The second-order valence-corrected chi connectivity index (χ2v) is 8.53. The lowest BCUT2D eigenvalue weighted by atomic mass is 9.99. The fourth-order valence-corrected chi connectivity index (χ4v) is 4.67. The Kier molecular flexibility index (Phi) is 3.84. The first-order valence-corrected chi connectivity index (χ1v) is 10.5. The molecule has 0 bridgehead atoms. The molecule has 3 aromatic carbocycles. The van der Waals surface area contributed by atoms with Crippen LogP contribution in [-0.2, 0) is 6.37 Å². The second kappa shape index (κ2) is 7.46. The van der Waals surface area contributed by atoms with Gasteiger partial charge in [0.2, 0.25) is 0 Å². The SMILES string of the molecule is [2H]C(C)(C)c1ccnc(-c2ccc3sc4ccc(C([2H])([2H])c5ccccc5)cc4c3c2)c1. The highest BCUT2D eigenvalue weighted by atomic mass is 32.1. The zero-order valence-corrected chi connectivity index (χ0v) is 17.3. The number of aromatic nitrogens is 1. The highest BCUT2D eigenvalue weighted by Crippen LogP contribution is 2.37. The predicted octanol–water partition coefficient (Wildman–Crippen LogP) is 7.83. The van der Waals surface area contributed by atoms with Gasteiger partial charge in [-0.25, -0.2) is 0 Å². The Bertz CT molecular complexity index is 1430. The van der Waals surface area contributed by atoms with Crippen molar-refractivity contribution in [3.05, 3.63) is 102 Å². The van der Waals surface area contributed by atoms with Gasteiger partial charge in [-0.2, -0.15) is 0 Å². The molecule has 0 fully saturated rings. The third kappa shape index (κ3) is 3.56. The van der Waals surface area contributed by atoms with Gasteiger partial charge >= 0.3 is 0 Å². The molecule has 0 radical (unpaired) electrons. The van der Waals surface area contributed by atoms with Crippen molar-refractivity contribution in [3.63, 3.8) is 0 Å². The molecule has 142 valence electrons. The van der Waals surface area contributed by atoms with Gasteiger partial charge in [-0.05, 0) is 65.4 Å².